The van der Waals surface area contributed by atoms with E-state index in [0.29, 0.717) is 24.6 Å². The Balaban J connectivity index is 0.00000200. The van der Waals surface area contributed by atoms with Crippen molar-refractivity contribution in [1.82, 2.24) is 4.90 Å². The van der Waals surface area contributed by atoms with Crippen molar-refractivity contribution in [3.8, 4) is 0 Å². The Labute approximate surface area is 129 Å². The number of carbonyl (C=O) groups excluding carboxylic acids is 1. The third-order valence-corrected chi connectivity index (χ3v) is 4.09. The molecule has 0 bridgehead atoms. The lowest BCUT2D eigenvalue weighted by molar-refractivity contribution is 0.0532. The highest BCUT2D eigenvalue weighted by atomic mass is 35.5. The number of rotatable bonds is 2. The Bertz CT molecular complexity index is 484. The van der Waals surface area contributed by atoms with Gasteiger partial charge in [-0.1, -0.05) is 18.5 Å². The minimum Gasteiger partial charge on any atom is -0.334 e. The van der Waals surface area contributed by atoms with Crippen molar-refractivity contribution >= 4 is 29.9 Å². The van der Waals surface area contributed by atoms with Crippen molar-refractivity contribution in [3.05, 3.63) is 34.6 Å². The first-order valence-corrected chi connectivity index (χ1v) is 6.88. The normalized spacial score (nSPS) is 22.3. The van der Waals surface area contributed by atoms with Gasteiger partial charge in [-0.2, -0.15) is 0 Å². The molecule has 2 rings (SSSR count). The molecule has 2 N–H and O–H groups in total. The monoisotopic (exact) mass is 320 g/mol. The summed E-state index contributed by atoms with van der Waals surface area (Å²) in [6.07, 6.45) is 2.03. The molecule has 112 valence electrons. The van der Waals surface area contributed by atoms with Gasteiger partial charge in [0.25, 0.3) is 5.91 Å². The van der Waals surface area contributed by atoms with E-state index in [1.165, 1.54) is 18.2 Å². The molecule has 1 aliphatic rings. The van der Waals surface area contributed by atoms with Crippen molar-refractivity contribution in [2.45, 2.75) is 25.8 Å². The first-order chi connectivity index (χ1) is 9.04. The summed E-state index contributed by atoms with van der Waals surface area (Å²) in [7, 11) is 0. The molecule has 0 aliphatic carbocycles. The van der Waals surface area contributed by atoms with Crippen molar-refractivity contribution in [2.24, 2.45) is 11.7 Å². The molecule has 0 saturated carbocycles. The van der Waals surface area contributed by atoms with Crippen LogP contribution in [0.3, 0.4) is 0 Å². The zero-order chi connectivity index (χ0) is 14.0. The van der Waals surface area contributed by atoms with E-state index in [2.05, 4.69) is 6.92 Å². The van der Waals surface area contributed by atoms with E-state index in [-0.39, 0.29) is 29.4 Å². The fourth-order valence-electron chi connectivity index (χ4n) is 2.68. The van der Waals surface area contributed by atoms with Gasteiger partial charge in [-0.25, -0.2) is 4.39 Å². The molecule has 0 radical (unpaired) electrons. The molecule has 1 aliphatic heterocycles. The maximum atomic E-state index is 13.0. The van der Waals surface area contributed by atoms with Gasteiger partial charge in [0.1, 0.15) is 5.82 Å². The first kappa shape index (κ1) is 17.2. The summed E-state index contributed by atoms with van der Waals surface area (Å²) in [5.74, 6) is -0.224. The molecule has 1 fully saturated rings. The highest BCUT2D eigenvalue weighted by Gasteiger charge is 2.32. The van der Waals surface area contributed by atoms with E-state index in [1.54, 1.807) is 4.90 Å². The lowest BCUT2D eigenvalue weighted by Gasteiger charge is -2.39. The minimum atomic E-state index is -0.441. The van der Waals surface area contributed by atoms with E-state index in [4.69, 9.17) is 17.3 Å². The summed E-state index contributed by atoms with van der Waals surface area (Å²) in [5, 5.41) is 0.152. The van der Waals surface area contributed by atoms with Crippen LogP contribution in [0.1, 0.15) is 30.1 Å². The largest absolute Gasteiger partial charge is 0.334 e. The second kappa shape index (κ2) is 7.25. The first-order valence-electron chi connectivity index (χ1n) is 6.50. The number of hydrogen-bond donors (Lipinski definition) is 1. The second-order valence-corrected chi connectivity index (χ2v) is 5.45. The maximum absolute atomic E-state index is 13.0. The van der Waals surface area contributed by atoms with Gasteiger partial charge >= 0.3 is 0 Å². The summed E-state index contributed by atoms with van der Waals surface area (Å²) >= 11 is 5.95. The Morgan fingerprint density at radius 2 is 2.25 bits per heavy atom. The maximum Gasteiger partial charge on any atom is 0.255 e. The molecule has 20 heavy (non-hydrogen) atoms. The summed E-state index contributed by atoms with van der Waals surface area (Å²) in [4.78, 5) is 14.3. The Kier molecular flexibility index (Phi) is 6.24. The van der Waals surface area contributed by atoms with Gasteiger partial charge in [0, 0.05) is 19.1 Å². The van der Waals surface area contributed by atoms with Crippen LogP contribution in [-0.4, -0.2) is 29.9 Å². The van der Waals surface area contributed by atoms with Gasteiger partial charge in [-0.15, -0.1) is 12.4 Å². The Morgan fingerprint density at radius 3 is 2.85 bits per heavy atom. The van der Waals surface area contributed by atoms with E-state index in [1.807, 2.05) is 0 Å². The van der Waals surface area contributed by atoms with E-state index < -0.39 is 5.82 Å². The third-order valence-electron chi connectivity index (χ3n) is 3.78. The van der Waals surface area contributed by atoms with Crippen LogP contribution in [-0.2, 0) is 0 Å². The number of amides is 1. The fraction of sp³-hybridized carbons (Fsp3) is 0.500. The molecule has 1 heterocycles. The predicted molar refractivity (Wildman–Crippen MR) is 80.9 cm³/mol. The van der Waals surface area contributed by atoms with Crippen molar-refractivity contribution in [3.63, 3.8) is 0 Å². The molecule has 2 atom stereocenters. The van der Waals surface area contributed by atoms with E-state index in [0.717, 1.165) is 12.8 Å². The second-order valence-electron chi connectivity index (χ2n) is 5.05. The van der Waals surface area contributed by atoms with Gasteiger partial charge in [0.05, 0.1) is 10.6 Å². The zero-order valence-corrected chi connectivity index (χ0v) is 12.9. The van der Waals surface area contributed by atoms with Crippen LogP contribution in [0.25, 0.3) is 0 Å². The molecular weight excluding hydrogens is 302 g/mol. The summed E-state index contributed by atoms with van der Waals surface area (Å²) in [6, 6.07) is 3.89. The molecular formula is C14H19Cl2FN2O. The molecule has 1 aromatic rings. The smallest absolute Gasteiger partial charge is 0.255 e. The van der Waals surface area contributed by atoms with Gasteiger partial charge in [0.2, 0.25) is 0 Å². The fourth-order valence-corrected chi connectivity index (χ4v) is 2.93. The Hall–Kier alpha value is -0.840. The molecule has 1 aromatic carbocycles. The van der Waals surface area contributed by atoms with E-state index in [9.17, 15) is 9.18 Å². The number of hydrogen-bond acceptors (Lipinski definition) is 2. The number of benzene rings is 1. The van der Waals surface area contributed by atoms with E-state index >= 15 is 0 Å². The molecule has 3 nitrogen and oxygen atoms in total. The topological polar surface area (TPSA) is 46.3 Å². The van der Waals surface area contributed by atoms with Crippen LogP contribution in [0, 0.1) is 11.7 Å². The van der Waals surface area contributed by atoms with Gasteiger partial charge in [-0.3, -0.25) is 4.79 Å². The molecule has 6 heteroatoms. The molecule has 0 aromatic heterocycles. The zero-order valence-electron chi connectivity index (χ0n) is 11.3. The number of nitrogens with zero attached hydrogens (tertiary/aromatic N) is 1. The lowest BCUT2D eigenvalue weighted by atomic mass is 9.90. The number of nitrogens with two attached hydrogens (primary N) is 1. The quantitative estimate of drug-likeness (QED) is 0.910. The summed E-state index contributed by atoms with van der Waals surface area (Å²) in [6.45, 7) is 3.22. The highest BCUT2D eigenvalue weighted by molar-refractivity contribution is 6.33. The number of carbonyl (C=O) groups is 1. The van der Waals surface area contributed by atoms with Crippen LogP contribution in [0.4, 0.5) is 4.39 Å². The minimum absolute atomic E-state index is 0. The average Bonchev–Trinajstić information content (AvgIpc) is 2.37. The van der Waals surface area contributed by atoms with Crippen LogP contribution in [0.2, 0.25) is 5.02 Å². The SMILES string of the molecule is CC1CCCN(C(=O)c2ccc(F)cc2Cl)C1CN.Cl. The highest BCUT2D eigenvalue weighted by Crippen LogP contribution is 2.26. The van der Waals surface area contributed by atoms with Crippen LogP contribution >= 0.6 is 24.0 Å². The molecule has 1 saturated heterocycles. The standard InChI is InChI=1S/C14H18ClFN2O.ClH/c1-9-3-2-6-18(13(9)8-17)14(19)11-5-4-10(16)7-12(11)15;/h4-5,7,9,13H,2-3,6,8,17H2,1H3;1H. The number of piperidine rings is 1. The lowest BCUT2D eigenvalue weighted by Crippen LogP contribution is -2.51. The van der Waals surface area contributed by atoms with Gasteiger partial charge < -0.3 is 10.6 Å². The molecule has 2 unspecified atom stereocenters. The van der Waals surface area contributed by atoms with Gasteiger partial charge in [-0.05, 0) is 37.0 Å². The Morgan fingerprint density at radius 1 is 1.55 bits per heavy atom. The van der Waals surface area contributed by atoms with Crippen molar-refractivity contribution < 1.29 is 9.18 Å². The van der Waals surface area contributed by atoms with Crippen molar-refractivity contribution in [1.29, 1.82) is 0 Å². The number of halogens is 3. The van der Waals surface area contributed by atoms with Crippen LogP contribution in [0.5, 0.6) is 0 Å². The number of likely N-dealkylation sites (tertiary alicyclic amines) is 1. The summed E-state index contributed by atoms with van der Waals surface area (Å²) < 4.78 is 13.0. The van der Waals surface area contributed by atoms with Crippen LogP contribution in [0.15, 0.2) is 18.2 Å². The predicted octanol–water partition coefficient (Wildman–Crippen LogP) is 3.10. The van der Waals surface area contributed by atoms with Crippen molar-refractivity contribution in [2.75, 3.05) is 13.1 Å². The third kappa shape index (κ3) is 3.43. The average molecular weight is 321 g/mol. The molecule has 0 spiro atoms. The molecule has 1 amide bonds. The van der Waals surface area contributed by atoms with Crippen LogP contribution < -0.4 is 5.73 Å². The van der Waals surface area contributed by atoms with Gasteiger partial charge in [0.15, 0.2) is 0 Å². The summed E-state index contributed by atoms with van der Waals surface area (Å²) in [5.41, 5.74) is 6.12.